The zero-order valence-corrected chi connectivity index (χ0v) is 17.8. The highest BCUT2D eigenvalue weighted by Crippen LogP contribution is 2.20. The van der Waals surface area contributed by atoms with E-state index >= 15 is 0 Å². The van der Waals surface area contributed by atoms with Gasteiger partial charge in [-0.2, -0.15) is 0 Å². The van der Waals surface area contributed by atoms with Crippen LogP contribution in [0.25, 0.3) is 0 Å². The minimum atomic E-state index is -0.200. The molecule has 1 aliphatic heterocycles. The predicted molar refractivity (Wildman–Crippen MR) is 115 cm³/mol. The number of amides is 1. The van der Waals surface area contributed by atoms with Gasteiger partial charge in [0, 0.05) is 37.7 Å². The molecule has 29 heavy (non-hydrogen) atoms. The van der Waals surface area contributed by atoms with E-state index in [0.29, 0.717) is 44.3 Å². The first kappa shape index (κ1) is 21.3. The number of hydrogen-bond donors (Lipinski definition) is 1. The Balaban J connectivity index is 1.53. The summed E-state index contributed by atoms with van der Waals surface area (Å²) in [4.78, 5) is 16.7. The number of piperazine rings is 1. The zero-order chi connectivity index (χ0) is 20.8. The number of halogens is 1. The van der Waals surface area contributed by atoms with Gasteiger partial charge in [0.2, 0.25) is 0 Å². The van der Waals surface area contributed by atoms with Crippen molar-refractivity contribution in [2.24, 2.45) is 5.92 Å². The van der Waals surface area contributed by atoms with Crippen molar-refractivity contribution in [2.45, 2.75) is 33.2 Å². The number of benzene rings is 2. The van der Waals surface area contributed by atoms with Gasteiger partial charge in [-0.05, 0) is 24.1 Å². The van der Waals surface area contributed by atoms with Crippen LogP contribution in [0, 0.1) is 11.7 Å². The van der Waals surface area contributed by atoms with Crippen LogP contribution < -0.4 is 10.2 Å². The molecule has 156 valence electrons. The smallest absolute Gasteiger partial charge is 0.277 e. The Hall–Kier alpha value is -2.40. The molecule has 0 aromatic heterocycles. The molecule has 1 fully saturated rings. The Morgan fingerprint density at radius 1 is 1.03 bits per heavy atom. The first-order chi connectivity index (χ1) is 14.0. The van der Waals surface area contributed by atoms with E-state index in [-0.39, 0.29) is 17.8 Å². The number of nitrogens with two attached hydrogens (primary N) is 1. The van der Waals surface area contributed by atoms with Crippen molar-refractivity contribution in [3.05, 3.63) is 65.5 Å². The highest BCUT2D eigenvalue weighted by molar-refractivity contribution is 5.77. The molecule has 1 saturated heterocycles. The molecule has 0 saturated carbocycles. The van der Waals surface area contributed by atoms with Crippen molar-refractivity contribution in [3.8, 4) is 0 Å². The number of rotatable bonds is 7. The van der Waals surface area contributed by atoms with Gasteiger partial charge in [0.05, 0.1) is 5.69 Å². The molecular formula is C24H33FN3O+. The number of nitrogens with zero attached hydrogens (tertiary/aromatic N) is 2. The van der Waals surface area contributed by atoms with Gasteiger partial charge in [0.25, 0.3) is 5.91 Å². The highest BCUT2D eigenvalue weighted by atomic mass is 19.1. The monoisotopic (exact) mass is 398 g/mol. The molecule has 1 atom stereocenters. The summed E-state index contributed by atoms with van der Waals surface area (Å²) < 4.78 is 14.0. The van der Waals surface area contributed by atoms with Gasteiger partial charge in [-0.3, -0.25) is 4.79 Å². The molecule has 4 nitrogen and oxygen atoms in total. The summed E-state index contributed by atoms with van der Waals surface area (Å²) in [5.74, 6) is 0.400. The molecule has 0 radical (unpaired) electrons. The van der Waals surface area contributed by atoms with E-state index in [1.165, 1.54) is 17.2 Å². The van der Waals surface area contributed by atoms with E-state index in [1.807, 2.05) is 15.9 Å². The van der Waals surface area contributed by atoms with Gasteiger partial charge in [-0.15, -0.1) is 0 Å². The number of quaternary nitrogens is 1. The quantitative estimate of drug-likeness (QED) is 0.779. The molecule has 1 amide bonds. The molecule has 0 unspecified atom stereocenters. The van der Waals surface area contributed by atoms with Crippen LogP contribution in [-0.2, 0) is 11.2 Å². The molecule has 0 bridgehead atoms. The Labute approximate surface area is 173 Å². The van der Waals surface area contributed by atoms with Gasteiger partial charge in [0.15, 0.2) is 6.54 Å². The minimum Gasteiger partial charge on any atom is -0.366 e. The van der Waals surface area contributed by atoms with Crippen LogP contribution in [-0.4, -0.2) is 43.5 Å². The second-order valence-corrected chi connectivity index (χ2v) is 8.12. The third-order valence-corrected chi connectivity index (χ3v) is 5.86. The van der Waals surface area contributed by atoms with Crippen molar-refractivity contribution >= 4 is 11.6 Å². The van der Waals surface area contributed by atoms with E-state index in [0.717, 1.165) is 6.42 Å². The number of para-hydroxylation sites is 1. The van der Waals surface area contributed by atoms with Crippen LogP contribution in [0.1, 0.15) is 37.9 Å². The first-order valence-electron chi connectivity index (χ1n) is 10.7. The molecule has 1 heterocycles. The van der Waals surface area contributed by atoms with Gasteiger partial charge in [-0.25, -0.2) is 4.39 Å². The fraction of sp³-hybridized carbons (Fsp3) is 0.458. The molecule has 5 heteroatoms. The fourth-order valence-electron chi connectivity index (χ4n) is 4.03. The summed E-state index contributed by atoms with van der Waals surface area (Å²) in [6.07, 6.45) is 1.04. The zero-order valence-electron chi connectivity index (χ0n) is 17.8. The van der Waals surface area contributed by atoms with Crippen LogP contribution in [0.4, 0.5) is 10.1 Å². The predicted octanol–water partition coefficient (Wildman–Crippen LogP) is 3.00. The topological polar surface area (TPSA) is 40.2 Å². The summed E-state index contributed by atoms with van der Waals surface area (Å²) in [5.41, 5.74) is 3.23. The summed E-state index contributed by atoms with van der Waals surface area (Å²) >= 11 is 0. The molecule has 2 N–H and O–H groups in total. The van der Waals surface area contributed by atoms with Crippen LogP contribution in [0.2, 0.25) is 0 Å². The van der Waals surface area contributed by atoms with E-state index in [1.54, 1.807) is 12.1 Å². The fourth-order valence-corrected chi connectivity index (χ4v) is 4.03. The van der Waals surface area contributed by atoms with Gasteiger partial charge in [0.1, 0.15) is 11.9 Å². The number of hydrogen-bond acceptors (Lipinski definition) is 2. The third-order valence-electron chi connectivity index (χ3n) is 5.86. The SMILES string of the molecule is CCc1ccc([C@H]([NH2+]CC(=O)N2CCN(c3ccccc3F)CC2)C(C)C)cc1. The number of anilines is 1. The number of carbonyl (C=O) groups excluding carboxylic acids is 1. The molecule has 2 aromatic rings. The highest BCUT2D eigenvalue weighted by Gasteiger charge is 2.26. The van der Waals surface area contributed by atoms with E-state index < -0.39 is 0 Å². The molecule has 0 aliphatic carbocycles. The van der Waals surface area contributed by atoms with Gasteiger partial charge >= 0.3 is 0 Å². The lowest BCUT2D eigenvalue weighted by Gasteiger charge is -2.36. The summed E-state index contributed by atoms with van der Waals surface area (Å²) in [6.45, 7) is 9.61. The van der Waals surface area contributed by atoms with E-state index in [4.69, 9.17) is 0 Å². The normalized spacial score (nSPS) is 15.6. The molecular weight excluding hydrogens is 365 g/mol. The van der Waals surface area contributed by atoms with Gasteiger partial charge < -0.3 is 15.1 Å². The maximum absolute atomic E-state index is 14.0. The van der Waals surface area contributed by atoms with Crippen molar-refractivity contribution in [2.75, 3.05) is 37.6 Å². The molecule has 2 aromatic carbocycles. The Morgan fingerprint density at radius 3 is 2.28 bits per heavy atom. The maximum Gasteiger partial charge on any atom is 0.277 e. The molecule has 1 aliphatic rings. The third kappa shape index (κ3) is 5.36. The van der Waals surface area contributed by atoms with Crippen LogP contribution in [0.15, 0.2) is 48.5 Å². The van der Waals surface area contributed by atoms with E-state index in [2.05, 4.69) is 50.4 Å². The number of aryl methyl sites for hydroxylation is 1. The van der Waals surface area contributed by atoms with Crippen molar-refractivity contribution in [1.29, 1.82) is 0 Å². The lowest BCUT2D eigenvalue weighted by molar-refractivity contribution is -0.692. The van der Waals surface area contributed by atoms with Gasteiger partial charge in [-0.1, -0.05) is 57.2 Å². The average molecular weight is 399 g/mol. The maximum atomic E-state index is 14.0. The van der Waals surface area contributed by atoms with Crippen molar-refractivity contribution < 1.29 is 14.5 Å². The minimum absolute atomic E-state index is 0.161. The number of carbonyl (C=O) groups is 1. The second kappa shape index (κ2) is 9.88. The largest absolute Gasteiger partial charge is 0.366 e. The van der Waals surface area contributed by atoms with E-state index in [9.17, 15) is 9.18 Å². The Bertz CT molecular complexity index is 798. The lowest BCUT2D eigenvalue weighted by Crippen LogP contribution is -2.88. The standard InChI is InChI=1S/C24H32FN3O/c1-4-19-9-11-20(12-10-19)24(18(2)3)26-17-23(29)28-15-13-27(14-16-28)22-8-6-5-7-21(22)25/h5-12,18,24,26H,4,13-17H2,1-3H3/p+1/t24-/m1/s1. The van der Waals surface area contributed by atoms with Crippen LogP contribution in [0.5, 0.6) is 0 Å². The van der Waals surface area contributed by atoms with Crippen LogP contribution in [0.3, 0.4) is 0 Å². The summed E-state index contributed by atoms with van der Waals surface area (Å²) in [6, 6.07) is 15.9. The van der Waals surface area contributed by atoms with Crippen molar-refractivity contribution in [3.63, 3.8) is 0 Å². The first-order valence-corrected chi connectivity index (χ1v) is 10.7. The summed E-state index contributed by atoms with van der Waals surface area (Å²) in [7, 11) is 0. The van der Waals surface area contributed by atoms with Crippen LogP contribution >= 0.6 is 0 Å². The Kier molecular flexibility index (Phi) is 7.26. The Morgan fingerprint density at radius 2 is 1.69 bits per heavy atom. The summed E-state index contributed by atoms with van der Waals surface area (Å²) in [5, 5.41) is 2.16. The average Bonchev–Trinajstić information content (AvgIpc) is 2.74. The lowest BCUT2D eigenvalue weighted by atomic mass is 9.95. The van der Waals surface area contributed by atoms with Crippen molar-refractivity contribution in [1.82, 2.24) is 4.90 Å². The molecule has 0 spiro atoms. The second-order valence-electron chi connectivity index (χ2n) is 8.12. The molecule has 3 rings (SSSR count).